The third-order valence-electron chi connectivity index (χ3n) is 3.98. The van der Waals surface area contributed by atoms with Crippen molar-refractivity contribution >= 4 is 6.09 Å². The molecule has 0 radical (unpaired) electrons. The Kier molecular flexibility index (Phi) is 6.04. The lowest BCUT2D eigenvalue weighted by Crippen LogP contribution is -2.51. The highest BCUT2D eigenvalue weighted by Crippen LogP contribution is 2.20. The van der Waals surface area contributed by atoms with Crippen LogP contribution in [0.15, 0.2) is 18.5 Å². The number of hydrogen-bond acceptors (Lipinski definition) is 4. The number of ether oxygens (including phenoxy) is 1. The number of piperidine rings is 1. The molecule has 6 nitrogen and oxygen atoms in total. The summed E-state index contributed by atoms with van der Waals surface area (Å²) in [6, 6.07) is 2.44. The molecule has 2 rings (SSSR count). The summed E-state index contributed by atoms with van der Waals surface area (Å²) in [4.78, 5) is 14.3. The third-order valence-corrected chi connectivity index (χ3v) is 3.98. The molecular formula is C17H30N4O2. The van der Waals surface area contributed by atoms with E-state index in [4.69, 9.17) is 4.74 Å². The number of carbonyl (C=O) groups is 1. The smallest absolute Gasteiger partial charge is 0.410 e. The van der Waals surface area contributed by atoms with Gasteiger partial charge in [0.1, 0.15) is 5.60 Å². The standard InChI is InChI=1S/C17H30N4O2/c1-14(13-20-10-7-9-19-20)18-12-15-8-5-6-11-21(15)16(22)23-17(2,3)4/h7,9-10,14-15,18H,5-6,8,11-13H2,1-4H3. The molecule has 2 unspecified atom stereocenters. The van der Waals surface area contributed by atoms with E-state index in [1.165, 1.54) is 6.42 Å². The summed E-state index contributed by atoms with van der Waals surface area (Å²) in [6.45, 7) is 10.3. The predicted octanol–water partition coefficient (Wildman–Crippen LogP) is 2.65. The van der Waals surface area contributed by atoms with Gasteiger partial charge in [-0.25, -0.2) is 4.79 Å². The molecule has 0 saturated carbocycles. The van der Waals surface area contributed by atoms with Gasteiger partial charge in [0, 0.05) is 37.6 Å². The van der Waals surface area contributed by atoms with Crippen LogP contribution in [0.25, 0.3) is 0 Å². The molecule has 23 heavy (non-hydrogen) atoms. The summed E-state index contributed by atoms with van der Waals surface area (Å²) >= 11 is 0. The van der Waals surface area contributed by atoms with Crippen LogP contribution in [-0.2, 0) is 11.3 Å². The summed E-state index contributed by atoms with van der Waals surface area (Å²) in [6.07, 6.45) is 6.81. The minimum atomic E-state index is -0.445. The van der Waals surface area contributed by atoms with Crippen molar-refractivity contribution in [3.05, 3.63) is 18.5 Å². The van der Waals surface area contributed by atoms with E-state index >= 15 is 0 Å². The van der Waals surface area contributed by atoms with Gasteiger partial charge >= 0.3 is 6.09 Å². The van der Waals surface area contributed by atoms with Gasteiger partial charge in [0.15, 0.2) is 0 Å². The van der Waals surface area contributed by atoms with Crippen molar-refractivity contribution in [2.45, 2.75) is 71.2 Å². The monoisotopic (exact) mass is 322 g/mol. The van der Waals surface area contributed by atoms with Crippen LogP contribution in [0.3, 0.4) is 0 Å². The SMILES string of the molecule is CC(Cn1cccn1)NCC1CCCCN1C(=O)OC(C)(C)C. The topological polar surface area (TPSA) is 59.4 Å². The molecule has 0 bridgehead atoms. The molecule has 2 heterocycles. The van der Waals surface area contributed by atoms with Gasteiger partial charge in [-0.3, -0.25) is 4.68 Å². The van der Waals surface area contributed by atoms with Crippen LogP contribution in [0.5, 0.6) is 0 Å². The summed E-state index contributed by atoms with van der Waals surface area (Å²) in [5, 5.41) is 7.75. The highest BCUT2D eigenvalue weighted by atomic mass is 16.6. The summed E-state index contributed by atoms with van der Waals surface area (Å²) < 4.78 is 7.47. The van der Waals surface area contributed by atoms with Crippen molar-refractivity contribution in [2.24, 2.45) is 0 Å². The van der Waals surface area contributed by atoms with E-state index in [9.17, 15) is 4.79 Å². The van der Waals surface area contributed by atoms with E-state index < -0.39 is 5.60 Å². The Bertz CT molecular complexity index is 481. The van der Waals surface area contributed by atoms with E-state index in [1.54, 1.807) is 6.20 Å². The zero-order chi connectivity index (χ0) is 16.9. The van der Waals surface area contributed by atoms with E-state index in [2.05, 4.69) is 17.3 Å². The average molecular weight is 322 g/mol. The van der Waals surface area contributed by atoms with Gasteiger partial charge < -0.3 is 15.0 Å². The minimum absolute atomic E-state index is 0.191. The molecule has 2 atom stereocenters. The number of amides is 1. The molecule has 0 aliphatic carbocycles. The fraction of sp³-hybridized carbons (Fsp3) is 0.765. The molecule has 0 spiro atoms. The average Bonchev–Trinajstić information content (AvgIpc) is 2.96. The first-order valence-corrected chi connectivity index (χ1v) is 8.55. The number of likely N-dealkylation sites (tertiary alicyclic amines) is 1. The van der Waals surface area contributed by atoms with Gasteiger partial charge in [-0.2, -0.15) is 5.10 Å². The molecule has 1 aromatic heterocycles. The number of carbonyl (C=O) groups excluding carboxylic acids is 1. The quantitative estimate of drug-likeness (QED) is 0.905. The molecule has 1 aliphatic rings. The zero-order valence-corrected chi connectivity index (χ0v) is 14.8. The lowest BCUT2D eigenvalue weighted by Gasteiger charge is -2.37. The number of rotatable bonds is 5. The van der Waals surface area contributed by atoms with Gasteiger partial charge in [0.2, 0.25) is 0 Å². The predicted molar refractivity (Wildman–Crippen MR) is 90.3 cm³/mol. The number of nitrogens with one attached hydrogen (secondary N) is 1. The Morgan fingerprint density at radius 2 is 2.22 bits per heavy atom. The van der Waals surface area contributed by atoms with Gasteiger partial charge in [0.05, 0.1) is 6.54 Å². The van der Waals surface area contributed by atoms with Gasteiger partial charge in [-0.1, -0.05) is 0 Å². The second-order valence-electron chi connectivity index (χ2n) is 7.36. The molecular weight excluding hydrogens is 292 g/mol. The van der Waals surface area contributed by atoms with Gasteiger partial charge in [-0.05, 0) is 53.0 Å². The molecule has 6 heteroatoms. The first-order valence-electron chi connectivity index (χ1n) is 8.55. The Morgan fingerprint density at radius 1 is 1.43 bits per heavy atom. The Hall–Kier alpha value is -1.56. The molecule has 1 saturated heterocycles. The number of nitrogens with zero attached hydrogens (tertiary/aromatic N) is 3. The van der Waals surface area contributed by atoms with Crippen LogP contribution in [0.2, 0.25) is 0 Å². The largest absolute Gasteiger partial charge is 0.444 e. The van der Waals surface area contributed by atoms with Crippen molar-refractivity contribution in [2.75, 3.05) is 13.1 Å². The van der Waals surface area contributed by atoms with Crippen LogP contribution in [0.4, 0.5) is 4.79 Å². The first-order chi connectivity index (χ1) is 10.8. The second-order valence-corrected chi connectivity index (χ2v) is 7.36. The number of hydrogen-bond donors (Lipinski definition) is 1. The summed E-state index contributed by atoms with van der Waals surface area (Å²) in [5.74, 6) is 0. The molecule has 130 valence electrons. The maximum Gasteiger partial charge on any atom is 0.410 e. The molecule has 1 amide bonds. The molecule has 0 aromatic carbocycles. The maximum absolute atomic E-state index is 12.4. The van der Waals surface area contributed by atoms with Crippen LogP contribution < -0.4 is 5.32 Å². The van der Waals surface area contributed by atoms with E-state index in [0.717, 1.165) is 32.5 Å². The zero-order valence-electron chi connectivity index (χ0n) is 14.8. The maximum atomic E-state index is 12.4. The normalized spacial score (nSPS) is 20.3. The highest BCUT2D eigenvalue weighted by molar-refractivity contribution is 5.68. The first kappa shape index (κ1) is 17.8. The fourth-order valence-corrected chi connectivity index (χ4v) is 2.86. The Balaban J connectivity index is 1.84. The summed E-state index contributed by atoms with van der Waals surface area (Å²) in [7, 11) is 0. The van der Waals surface area contributed by atoms with Crippen LogP contribution in [0, 0.1) is 0 Å². The molecule has 1 aliphatic heterocycles. The molecule has 1 fully saturated rings. The molecule has 1 N–H and O–H groups in total. The molecule has 1 aromatic rings. The van der Waals surface area contributed by atoms with Crippen LogP contribution in [-0.4, -0.2) is 51.5 Å². The second kappa shape index (κ2) is 7.81. The van der Waals surface area contributed by atoms with Crippen molar-refractivity contribution in [3.63, 3.8) is 0 Å². The highest BCUT2D eigenvalue weighted by Gasteiger charge is 2.30. The van der Waals surface area contributed by atoms with E-state index in [-0.39, 0.29) is 12.1 Å². The number of aromatic nitrogens is 2. The fourth-order valence-electron chi connectivity index (χ4n) is 2.86. The van der Waals surface area contributed by atoms with E-state index in [0.29, 0.717) is 6.04 Å². The minimum Gasteiger partial charge on any atom is -0.444 e. The van der Waals surface area contributed by atoms with Gasteiger partial charge in [-0.15, -0.1) is 0 Å². The van der Waals surface area contributed by atoms with Crippen LogP contribution >= 0.6 is 0 Å². The Labute approximate surface area is 139 Å². The van der Waals surface area contributed by atoms with Crippen molar-refractivity contribution < 1.29 is 9.53 Å². The lowest BCUT2D eigenvalue weighted by atomic mass is 10.0. The van der Waals surface area contributed by atoms with Crippen LogP contribution in [0.1, 0.15) is 47.0 Å². The Morgan fingerprint density at radius 3 is 2.87 bits per heavy atom. The van der Waals surface area contributed by atoms with Crippen molar-refractivity contribution in [1.29, 1.82) is 0 Å². The van der Waals surface area contributed by atoms with E-state index in [1.807, 2.05) is 42.6 Å². The van der Waals surface area contributed by atoms with Crippen molar-refractivity contribution in [1.82, 2.24) is 20.0 Å². The third kappa shape index (κ3) is 5.86. The lowest BCUT2D eigenvalue weighted by molar-refractivity contribution is 0.00964. The summed E-state index contributed by atoms with van der Waals surface area (Å²) in [5.41, 5.74) is -0.445. The van der Waals surface area contributed by atoms with Gasteiger partial charge in [0.25, 0.3) is 0 Å². The van der Waals surface area contributed by atoms with Crippen molar-refractivity contribution in [3.8, 4) is 0 Å².